The Morgan fingerprint density at radius 1 is 0.962 bits per heavy atom. The van der Waals surface area contributed by atoms with Crippen molar-refractivity contribution >= 4 is 35.3 Å². The molecule has 0 aliphatic heterocycles. The van der Waals surface area contributed by atoms with Gasteiger partial charge in [0, 0.05) is 23.2 Å². The largest absolute Gasteiger partial charge is 0.452 e. The summed E-state index contributed by atoms with van der Waals surface area (Å²) >= 11 is 5.81. The van der Waals surface area contributed by atoms with Crippen molar-refractivity contribution in [2.45, 2.75) is 0 Å². The van der Waals surface area contributed by atoms with Crippen LogP contribution in [0.5, 0.6) is 0 Å². The third-order valence-electron chi connectivity index (χ3n) is 3.31. The molecule has 8 heteroatoms. The Bertz CT molecular complexity index is 849. The SMILES string of the molecule is CNC(=O)NC(=O)COC(=O)c1ccccc1C(=O)c1ccc(Cl)cc1. The first kappa shape index (κ1) is 19.1. The van der Waals surface area contributed by atoms with Gasteiger partial charge in [0.1, 0.15) is 0 Å². The fraction of sp³-hybridized carbons (Fsp3) is 0.111. The number of ether oxygens (including phenoxy) is 1. The van der Waals surface area contributed by atoms with Gasteiger partial charge in [-0.05, 0) is 30.3 Å². The van der Waals surface area contributed by atoms with Crippen LogP contribution in [0.15, 0.2) is 48.5 Å². The normalized spacial score (nSPS) is 9.92. The van der Waals surface area contributed by atoms with Gasteiger partial charge in [0.15, 0.2) is 12.4 Å². The number of rotatable bonds is 5. The van der Waals surface area contributed by atoms with E-state index < -0.39 is 24.5 Å². The number of carbonyl (C=O) groups excluding carboxylic acids is 4. The minimum absolute atomic E-state index is 0.0141. The molecule has 2 N–H and O–H groups in total. The molecule has 2 aromatic carbocycles. The van der Waals surface area contributed by atoms with Gasteiger partial charge in [-0.15, -0.1) is 0 Å². The van der Waals surface area contributed by atoms with E-state index in [2.05, 4.69) is 5.32 Å². The molecule has 0 bridgehead atoms. The highest BCUT2D eigenvalue weighted by Crippen LogP contribution is 2.17. The summed E-state index contributed by atoms with van der Waals surface area (Å²) < 4.78 is 4.88. The monoisotopic (exact) mass is 374 g/mol. The van der Waals surface area contributed by atoms with Gasteiger partial charge in [0.25, 0.3) is 5.91 Å². The van der Waals surface area contributed by atoms with E-state index in [4.69, 9.17) is 16.3 Å². The van der Waals surface area contributed by atoms with E-state index in [1.54, 1.807) is 36.4 Å². The molecule has 0 radical (unpaired) electrons. The number of urea groups is 1. The van der Waals surface area contributed by atoms with E-state index in [0.717, 1.165) is 0 Å². The maximum absolute atomic E-state index is 12.6. The molecule has 26 heavy (non-hydrogen) atoms. The number of imide groups is 1. The summed E-state index contributed by atoms with van der Waals surface area (Å²) in [7, 11) is 1.34. The van der Waals surface area contributed by atoms with Gasteiger partial charge in [0.2, 0.25) is 0 Å². The quantitative estimate of drug-likeness (QED) is 0.617. The van der Waals surface area contributed by atoms with Crippen LogP contribution in [0.1, 0.15) is 26.3 Å². The van der Waals surface area contributed by atoms with Crippen LogP contribution in [0.4, 0.5) is 4.79 Å². The molecule has 2 aromatic rings. The number of esters is 1. The zero-order valence-electron chi connectivity index (χ0n) is 13.7. The molecule has 0 aliphatic rings. The third-order valence-corrected chi connectivity index (χ3v) is 3.56. The molecule has 0 aromatic heterocycles. The molecule has 0 spiro atoms. The predicted octanol–water partition coefficient (Wildman–Crippen LogP) is 2.18. The van der Waals surface area contributed by atoms with Gasteiger partial charge < -0.3 is 10.1 Å². The molecule has 0 unspecified atom stereocenters. The number of amides is 3. The summed E-state index contributed by atoms with van der Waals surface area (Å²) in [4.78, 5) is 47.4. The molecule has 7 nitrogen and oxygen atoms in total. The lowest BCUT2D eigenvalue weighted by Crippen LogP contribution is -2.39. The smallest absolute Gasteiger partial charge is 0.339 e. The van der Waals surface area contributed by atoms with Crippen molar-refractivity contribution < 1.29 is 23.9 Å². The van der Waals surface area contributed by atoms with Crippen molar-refractivity contribution in [3.05, 3.63) is 70.2 Å². The fourth-order valence-corrected chi connectivity index (χ4v) is 2.18. The molecule has 134 valence electrons. The highest BCUT2D eigenvalue weighted by Gasteiger charge is 2.20. The summed E-state index contributed by atoms with van der Waals surface area (Å²) in [6.07, 6.45) is 0. The number of halogens is 1. The zero-order chi connectivity index (χ0) is 19.1. The Morgan fingerprint density at radius 3 is 2.19 bits per heavy atom. The minimum Gasteiger partial charge on any atom is -0.452 e. The lowest BCUT2D eigenvalue weighted by atomic mass is 9.98. The second-order valence-electron chi connectivity index (χ2n) is 5.09. The van der Waals surface area contributed by atoms with Crippen molar-refractivity contribution in [3.63, 3.8) is 0 Å². The molecule has 0 atom stereocenters. The first-order chi connectivity index (χ1) is 12.4. The maximum Gasteiger partial charge on any atom is 0.339 e. The molecule has 0 aliphatic carbocycles. The first-order valence-electron chi connectivity index (χ1n) is 7.50. The molecule has 0 fully saturated rings. The lowest BCUT2D eigenvalue weighted by molar-refractivity contribution is -0.123. The topological polar surface area (TPSA) is 102 Å². The molecule has 0 heterocycles. The molecule has 3 amide bonds. The minimum atomic E-state index is -0.852. The second-order valence-corrected chi connectivity index (χ2v) is 5.52. The summed E-state index contributed by atoms with van der Waals surface area (Å²) in [5.41, 5.74) is 0.499. The van der Waals surface area contributed by atoms with Crippen LogP contribution in [-0.4, -0.2) is 37.3 Å². The Balaban J connectivity index is 2.14. The van der Waals surface area contributed by atoms with Crippen molar-refractivity contribution in [2.75, 3.05) is 13.7 Å². The second kappa shape index (κ2) is 8.77. The van der Waals surface area contributed by atoms with E-state index >= 15 is 0 Å². The van der Waals surface area contributed by atoms with Crippen LogP contribution >= 0.6 is 11.6 Å². The van der Waals surface area contributed by atoms with Crippen LogP contribution in [0.3, 0.4) is 0 Å². The fourth-order valence-electron chi connectivity index (χ4n) is 2.05. The van der Waals surface area contributed by atoms with Crippen molar-refractivity contribution in [2.24, 2.45) is 0 Å². The Morgan fingerprint density at radius 2 is 1.58 bits per heavy atom. The standard InChI is InChI=1S/C18H15ClN2O5/c1-20-18(25)21-15(22)10-26-17(24)14-5-3-2-4-13(14)16(23)11-6-8-12(19)9-7-11/h2-9H,10H2,1H3,(H2,20,21,22,25). The number of nitrogens with one attached hydrogen (secondary N) is 2. The van der Waals surface area contributed by atoms with Gasteiger partial charge in [-0.3, -0.25) is 14.9 Å². The summed E-state index contributed by atoms with van der Waals surface area (Å²) in [6.45, 7) is -0.657. The highest BCUT2D eigenvalue weighted by molar-refractivity contribution is 6.30. The van der Waals surface area contributed by atoms with Crippen LogP contribution in [-0.2, 0) is 9.53 Å². The van der Waals surface area contributed by atoms with E-state index in [9.17, 15) is 19.2 Å². The van der Waals surface area contributed by atoms with E-state index in [1.807, 2.05) is 5.32 Å². The van der Waals surface area contributed by atoms with Crippen LogP contribution in [0.25, 0.3) is 0 Å². The number of hydrogen-bond donors (Lipinski definition) is 2. The Kier molecular flexibility index (Phi) is 6.46. The molecule has 0 saturated carbocycles. The van der Waals surface area contributed by atoms with Gasteiger partial charge >= 0.3 is 12.0 Å². The van der Waals surface area contributed by atoms with Crippen LogP contribution in [0.2, 0.25) is 5.02 Å². The summed E-state index contributed by atoms with van der Waals surface area (Å²) in [5.74, 6) is -2.03. The highest BCUT2D eigenvalue weighted by atomic mass is 35.5. The molecule has 0 saturated heterocycles. The van der Waals surface area contributed by atoms with Crippen molar-refractivity contribution in [3.8, 4) is 0 Å². The summed E-state index contributed by atoms with van der Waals surface area (Å²) in [5, 5.41) is 4.64. The Hall–Kier alpha value is -3.19. The maximum atomic E-state index is 12.6. The number of ketones is 1. The number of benzene rings is 2. The van der Waals surface area contributed by atoms with Crippen molar-refractivity contribution in [1.82, 2.24) is 10.6 Å². The van der Waals surface area contributed by atoms with Crippen molar-refractivity contribution in [1.29, 1.82) is 0 Å². The third kappa shape index (κ3) is 4.90. The zero-order valence-corrected chi connectivity index (χ0v) is 14.5. The molecular weight excluding hydrogens is 360 g/mol. The van der Waals surface area contributed by atoms with Gasteiger partial charge in [0.05, 0.1) is 5.56 Å². The van der Waals surface area contributed by atoms with Gasteiger partial charge in [-0.2, -0.15) is 0 Å². The lowest BCUT2D eigenvalue weighted by Gasteiger charge is -2.09. The average molecular weight is 375 g/mol. The van der Waals surface area contributed by atoms with E-state index in [-0.39, 0.29) is 16.9 Å². The Labute approximate surface area is 154 Å². The number of carbonyl (C=O) groups is 4. The van der Waals surface area contributed by atoms with Gasteiger partial charge in [-0.1, -0.05) is 29.8 Å². The first-order valence-corrected chi connectivity index (χ1v) is 7.88. The molecule has 2 rings (SSSR count). The van der Waals surface area contributed by atoms with E-state index in [0.29, 0.717) is 10.6 Å². The molecular formula is C18H15ClN2O5. The number of hydrogen-bond acceptors (Lipinski definition) is 5. The van der Waals surface area contributed by atoms with E-state index in [1.165, 1.54) is 19.2 Å². The van der Waals surface area contributed by atoms with Crippen LogP contribution in [0, 0.1) is 0 Å². The average Bonchev–Trinajstić information content (AvgIpc) is 2.66. The van der Waals surface area contributed by atoms with Gasteiger partial charge in [-0.25, -0.2) is 9.59 Å². The van der Waals surface area contributed by atoms with Crippen LogP contribution < -0.4 is 10.6 Å². The summed E-state index contributed by atoms with van der Waals surface area (Å²) in [6, 6.07) is 11.6. The predicted molar refractivity (Wildman–Crippen MR) is 94.2 cm³/mol.